The molecule has 250 valence electrons. The van der Waals surface area contributed by atoms with Gasteiger partial charge in [0.15, 0.2) is 6.29 Å². The molecule has 4 aliphatic carbocycles. The first-order valence-corrected chi connectivity index (χ1v) is 17.4. The molecule has 1 heterocycles. The Kier molecular flexibility index (Phi) is 9.40. The summed E-state index contributed by atoms with van der Waals surface area (Å²) in [5.41, 5.74) is 4.23. The fourth-order valence-corrected chi connectivity index (χ4v) is 9.12. The Hall–Kier alpha value is -3.27. The number of carbonyl (C=O) groups excluding carboxylic acids is 1. The van der Waals surface area contributed by atoms with Crippen molar-refractivity contribution in [1.82, 2.24) is 10.2 Å². The molecule has 4 bridgehead atoms. The van der Waals surface area contributed by atoms with Crippen molar-refractivity contribution in [3.63, 3.8) is 0 Å². The Labute approximate surface area is 278 Å². The van der Waals surface area contributed by atoms with E-state index in [1.165, 1.54) is 19.3 Å². The van der Waals surface area contributed by atoms with Crippen LogP contribution in [-0.2, 0) is 16.1 Å². The van der Waals surface area contributed by atoms with Crippen LogP contribution in [-0.4, -0.2) is 52.4 Å². The second kappa shape index (κ2) is 13.7. The fraction of sp³-hybridized carbons (Fsp3) is 0.513. The van der Waals surface area contributed by atoms with Gasteiger partial charge in [0, 0.05) is 35.8 Å². The molecule has 0 unspecified atom stereocenters. The highest BCUT2D eigenvalue weighted by Gasteiger charge is 2.51. The molecule has 47 heavy (non-hydrogen) atoms. The molecule has 5 aliphatic rings. The minimum absolute atomic E-state index is 0.0111. The zero-order valence-corrected chi connectivity index (χ0v) is 27.6. The van der Waals surface area contributed by atoms with E-state index in [-0.39, 0.29) is 36.4 Å². The number of anilines is 1. The first-order valence-electron chi connectivity index (χ1n) is 17.4. The van der Waals surface area contributed by atoms with Crippen LogP contribution in [0.25, 0.3) is 0 Å². The smallest absolute Gasteiger partial charge is 0.319 e. The molecule has 2 amide bonds. The lowest BCUT2D eigenvalue weighted by molar-refractivity contribution is -0.253. The molecular formula is C39H49N3O5. The molecule has 1 aliphatic heterocycles. The molecule has 0 radical (unpaired) electrons. The van der Waals surface area contributed by atoms with Crippen LogP contribution in [0.4, 0.5) is 10.5 Å². The summed E-state index contributed by atoms with van der Waals surface area (Å²) in [7, 11) is 2.02. The highest BCUT2D eigenvalue weighted by molar-refractivity contribution is 5.90. The molecule has 1 saturated heterocycles. The molecule has 3 aromatic carbocycles. The van der Waals surface area contributed by atoms with Gasteiger partial charge in [-0.25, -0.2) is 4.79 Å². The van der Waals surface area contributed by atoms with Crippen molar-refractivity contribution in [1.29, 1.82) is 0 Å². The minimum Gasteiger partial charge on any atom is -0.392 e. The number of carbonyl (C=O) groups is 1. The number of likely N-dealkylation sites (N-methyl/N-ethyl adjacent to an activating group) is 1. The van der Waals surface area contributed by atoms with Crippen molar-refractivity contribution in [3.05, 3.63) is 101 Å². The monoisotopic (exact) mass is 639 g/mol. The van der Waals surface area contributed by atoms with Crippen LogP contribution in [0.15, 0.2) is 78.9 Å². The Morgan fingerprint density at radius 3 is 2.23 bits per heavy atom. The molecule has 4 N–H and O–H groups in total. The van der Waals surface area contributed by atoms with E-state index in [2.05, 4.69) is 15.5 Å². The largest absolute Gasteiger partial charge is 0.392 e. The Balaban J connectivity index is 1.06. The summed E-state index contributed by atoms with van der Waals surface area (Å²) in [4.78, 5) is 15.5. The maximum absolute atomic E-state index is 13.3. The third kappa shape index (κ3) is 7.27. The van der Waals surface area contributed by atoms with E-state index in [4.69, 9.17) is 9.47 Å². The minimum atomic E-state index is -0.646. The van der Waals surface area contributed by atoms with E-state index >= 15 is 0 Å². The summed E-state index contributed by atoms with van der Waals surface area (Å²) >= 11 is 0. The lowest BCUT2D eigenvalue weighted by Crippen LogP contribution is -2.60. The van der Waals surface area contributed by atoms with Crippen molar-refractivity contribution < 1.29 is 24.5 Å². The SMILES string of the molecule is C[C@H]([C@@H](O)c1ccccc1)N(C)C[C@H]1C[C@@H](c2ccc(CO)cc2)O[C@@H](c2cccc(NC(=O)NC34CC5CC(CC(C5)C3)C4)c2)O1. The molecular weight excluding hydrogens is 590 g/mol. The van der Waals surface area contributed by atoms with Gasteiger partial charge < -0.3 is 30.3 Å². The number of aliphatic hydroxyl groups is 2. The van der Waals surface area contributed by atoms with Gasteiger partial charge in [-0.05, 0) is 99.1 Å². The number of nitrogens with zero attached hydrogens (tertiary/aromatic N) is 1. The number of nitrogens with one attached hydrogen (secondary N) is 2. The quantitative estimate of drug-likeness (QED) is 0.193. The predicted octanol–water partition coefficient (Wildman–Crippen LogP) is 6.87. The van der Waals surface area contributed by atoms with Gasteiger partial charge in [-0.2, -0.15) is 0 Å². The molecule has 5 atom stereocenters. The third-order valence-electron chi connectivity index (χ3n) is 11.2. The molecule has 5 fully saturated rings. The molecule has 8 nitrogen and oxygen atoms in total. The Morgan fingerprint density at radius 2 is 1.57 bits per heavy atom. The summed E-state index contributed by atoms with van der Waals surface area (Å²) in [6.07, 6.45) is 6.27. The first-order chi connectivity index (χ1) is 22.8. The van der Waals surface area contributed by atoms with Crippen molar-refractivity contribution in [2.24, 2.45) is 17.8 Å². The van der Waals surface area contributed by atoms with Crippen LogP contribution in [0.2, 0.25) is 0 Å². The highest BCUT2D eigenvalue weighted by Crippen LogP contribution is 2.55. The van der Waals surface area contributed by atoms with Crippen molar-refractivity contribution in [2.45, 2.75) is 94.7 Å². The summed E-state index contributed by atoms with van der Waals surface area (Å²) in [6, 6.07) is 25.1. The Morgan fingerprint density at radius 1 is 0.894 bits per heavy atom. The first kappa shape index (κ1) is 32.3. The number of ether oxygens (including phenoxy) is 2. The number of benzene rings is 3. The van der Waals surface area contributed by atoms with Crippen LogP contribution in [0.1, 0.15) is 92.6 Å². The van der Waals surface area contributed by atoms with E-state index < -0.39 is 12.4 Å². The highest BCUT2D eigenvalue weighted by atomic mass is 16.7. The maximum Gasteiger partial charge on any atom is 0.319 e. The molecule has 8 rings (SSSR count). The number of amides is 2. The van der Waals surface area contributed by atoms with Crippen LogP contribution >= 0.6 is 0 Å². The molecule has 0 spiro atoms. The lowest BCUT2D eigenvalue weighted by atomic mass is 9.53. The van der Waals surface area contributed by atoms with Crippen LogP contribution in [0.5, 0.6) is 0 Å². The van der Waals surface area contributed by atoms with Crippen LogP contribution in [0.3, 0.4) is 0 Å². The predicted molar refractivity (Wildman–Crippen MR) is 181 cm³/mol. The zero-order valence-electron chi connectivity index (χ0n) is 27.6. The second-order valence-electron chi connectivity index (χ2n) is 14.8. The van der Waals surface area contributed by atoms with Gasteiger partial charge in [-0.3, -0.25) is 4.90 Å². The summed E-state index contributed by atoms with van der Waals surface area (Å²) < 4.78 is 13.2. The van der Waals surface area contributed by atoms with E-state index in [0.29, 0.717) is 18.7 Å². The van der Waals surface area contributed by atoms with Gasteiger partial charge in [0.1, 0.15) is 0 Å². The van der Waals surface area contributed by atoms with E-state index in [1.54, 1.807) is 0 Å². The average molecular weight is 640 g/mol. The number of rotatable bonds is 10. The fourth-order valence-electron chi connectivity index (χ4n) is 9.12. The molecule has 3 aromatic rings. The summed E-state index contributed by atoms with van der Waals surface area (Å²) in [5.74, 6) is 2.28. The van der Waals surface area contributed by atoms with Crippen LogP contribution in [0, 0.1) is 17.8 Å². The molecule has 0 aromatic heterocycles. The van der Waals surface area contributed by atoms with Crippen molar-refractivity contribution in [3.8, 4) is 0 Å². The second-order valence-corrected chi connectivity index (χ2v) is 14.8. The van der Waals surface area contributed by atoms with E-state index in [9.17, 15) is 15.0 Å². The Bertz CT molecular complexity index is 1480. The van der Waals surface area contributed by atoms with Gasteiger partial charge in [0.25, 0.3) is 0 Å². The van der Waals surface area contributed by atoms with Crippen molar-refractivity contribution >= 4 is 11.7 Å². The molecule has 4 saturated carbocycles. The third-order valence-corrected chi connectivity index (χ3v) is 11.2. The van der Waals surface area contributed by atoms with Gasteiger partial charge in [0.05, 0.1) is 24.9 Å². The standard InChI is InChI=1S/C39H49N3O5/c1-25(36(44)31-7-4-3-5-8-31)42(2)23-34-19-35(30-13-11-26(24-43)12-14-30)47-37(46-34)32-9-6-10-33(18-32)40-38(45)41-39-20-27-15-28(21-39)17-29(16-27)22-39/h3-14,18,25,27-29,34-37,43-44H,15-17,19-24H2,1-2H3,(H2,40,41,45)/t25-,27?,28?,29?,34-,35+,36-,37+,39?/m1/s1. The van der Waals surface area contributed by atoms with E-state index in [1.807, 2.05) is 92.8 Å². The summed E-state index contributed by atoms with van der Waals surface area (Å²) in [6.45, 7) is 2.62. The number of urea groups is 1. The maximum atomic E-state index is 13.3. The number of hydrogen-bond donors (Lipinski definition) is 4. The normalized spacial score (nSPS) is 31.0. The number of aliphatic hydroxyl groups excluding tert-OH is 2. The summed E-state index contributed by atoms with van der Waals surface area (Å²) in [5, 5.41) is 27.2. The zero-order chi connectivity index (χ0) is 32.5. The van der Waals surface area contributed by atoms with E-state index in [0.717, 1.165) is 59.3 Å². The van der Waals surface area contributed by atoms with Gasteiger partial charge in [0.2, 0.25) is 0 Å². The van der Waals surface area contributed by atoms with Gasteiger partial charge in [-0.1, -0.05) is 66.7 Å². The van der Waals surface area contributed by atoms with Gasteiger partial charge >= 0.3 is 6.03 Å². The van der Waals surface area contributed by atoms with Crippen LogP contribution < -0.4 is 10.6 Å². The molecule has 8 heteroatoms. The number of hydrogen-bond acceptors (Lipinski definition) is 6. The average Bonchev–Trinajstić information content (AvgIpc) is 3.07. The lowest BCUT2D eigenvalue weighted by Gasteiger charge is -2.56. The van der Waals surface area contributed by atoms with Crippen molar-refractivity contribution in [2.75, 3.05) is 18.9 Å². The van der Waals surface area contributed by atoms with Gasteiger partial charge in [-0.15, -0.1) is 0 Å². The topological polar surface area (TPSA) is 103 Å².